The highest BCUT2D eigenvalue weighted by molar-refractivity contribution is 5.95. The van der Waals surface area contributed by atoms with Gasteiger partial charge in [-0.2, -0.15) is 0 Å². The van der Waals surface area contributed by atoms with Gasteiger partial charge in [-0.1, -0.05) is 30.3 Å². The zero-order valence-corrected chi connectivity index (χ0v) is 18.7. The lowest BCUT2D eigenvalue weighted by Gasteiger charge is -2.29. The number of amides is 2. The maximum Gasteiger partial charge on any atom is 0.344 e. The molecule has 9 nitrogen and oxygen atoms in total. The van der Waals surface area contributed by atoms with Gasteiger partial charge < -0.3 is 29.6 Å². The van der Waals surface area contributed by atoms with E-state index in [1.54, 1.807) is 50.4 Å². The maximum atomic E-state index is 12.8. The molecule has 2 aromatic rings. The van der Waals surface area contributed by atoms with Crippen LogP contribution in [0.5, 0.6) is 11.5 Å². The number of methoxy groups -OCH3 is 1. The number of para-hydroxylation sites is 1. The van der Waals surface area contributed by atoms with Crippen molar-refractivity contribution in [2.45, 2.75) is 19.9 Å². The van der Waals surface area contributed by atoms with Gasteiger partial charge >= 0.3 is 18.0 Å². The molecule has 0 aromatic heterocycles. The quantitative estimate of drug-likeness (QED) is 0.561. The van der Waals surface area contributed by atoms with Gasteiger partial charge in [0.1, 0.15) is 18.1 Å². The second-order valence-corrected chi connectivity index (χ2v) is 7.13. The Hall–Kier alpha value is -4.01. The molecule has 0 aliphatic carbocycles. The second-order valence-electron chi connectivity index (χ2n) is 7.13. The predicted molar refractivity (Wildman–Crippen MR) is 119 cm³/mol. The molecule has 33 heavy (non-hydrogen) atoms. The average Bonchev–Trinajstić information content (AvgIpc) is 2.82. The first kappa shape index (κ1) is 23.6. The Balaban J connectivity index is 1.78. The van der Waals surface area contributed by atoms with Gasteiger partial charge in [0.05, 0.1) is 31.0 Å². The average molecular weight is 454 g/mol. The summed E-state index contributed by atoms with van der Waals surface area (Å²) in [5.74, 6) is -0.0881. The summed E-state index contributed by atoms with van der Waals surface area (Å²) in [5, 5.41) is 5.27. The standard InChI is InChI=1S/C24H26N2O7/c1-4-31-23(28)21-18(13-33-20(27)14-32-19-8-6-5-7-15(19)2)25-24(29)26-22(21)16-9-11-17(30-3)12-10-16/h5-12,22H,4,13-14H2,1-3H3,(H2,25,26,29). The van der Waals surface area contributed by atoms with Crippen molar-refractivity contribution in [3.05, 3.63) is 70.9 Å². The van der Waals surface area contributed by atoms with Crippen molar-refractivity contribution in [1.29, 1.82) is 0 Å². The van der Waals surface area contributed by atoms with Crippen molar-refractivity contribution < 1.29 is 33.3 Å². The molecule has 0 saturated carbocycles. The number of hydrogen-bond acceptors (Lipinski definition) is 7. The van der Waals surface area contributed by atoms with Crippen LogP contribution in [0.15, 0.2) is 59.8 Å². The van der Waals surface area contributed by atoms with Crippen molar-refractivity contribution >= 4 is 18.0 Å². The van der Waals surface area contributed by atoms with Gasteiger partial charge in [0.2, 0.25) is 0 Å². The number of rotatable bonds is 9. The normalized spacial score (nSPS) is 15.2. The van der Waals surface area contributed by atoms with Crippen LogP contribution >= 0.6 is 0 Å². The van der Waals surface area contributed by atoms with E-state index in [2.05, 4.69) is 10.6 Å². The van der Waals surface area contributed by atoms with E-state index in [0.29, 0.717) is 17.1 Å². The molecule has 2 N–H and O–H groups in total. The SMILES string of the molecule is CCOC(=O)C1=C(COC(=O)COc2ccccc2C)NC(=O)NC1c1ccc(OC)cc1. The number of carbonyl (C=O) groups excluding carboxylic acids is 3. The fourth-order valence-electron chi connectivity index (χ4n) is 3.28. The summed E-state index contributed by atoms with van der Waals surface area (Å²) in [6, 6.07) is 12.8. The van der Waals surface area contributed by atoms with Crippen LogP contribution < -0.4 is 20.1 Å². The first-order valence-electron chi connectivity index (χ1n) is 10.4. The zero-order chi connectivity index (χ0) is 23.8. The van der Waals surface area contributed by atoms with Crippen LogP contribution in [-0.2, 0) is 19.1 Å². The largest absolute Gasteiger partial charge is 0.497 e. The van der Waals surface area contributed by atoms with Gasteiger partial charge in [0.15, 0.2) is 6.61 Å². The summed E-state index contributed by atoms with van der Waals surface area (Å²) in [5.41, 5.74) is 1.81. The highest BCUT2D eigenvalue weighted by Crippen LogP contribution is 2.29. The highest BCUT2D eigenvalue weighted by Gasteiger charge is 2.34. The first-order valence-corrected chi connectivity index (χ1v) is 10.4. The van der Waals surface area contributed by atoms with Crippen LogP contribution in [0.25, 0.3) is 0 Å². The summed E-state index contributed by atoms with van der Waals surface area (Å²) in [6.45, 7) is 3.04. The van der Waals surface area contributed by atoms with E-state index in [1.165, 1.54) is 0 Å². The molecule has 2 amide bonds. The number of aryl methyl sites for hydroxylation is 1. The fraction of sp³-hybridized carbons (Fsp3) is 0.292. The smallest absolute Gasteiger partial charge is 0.344 e. The molecule has 174 valence electrons. The van der Waals surface area contributed by atoms with Crippen LogP contribution in [-0.4, -0.2) is 44.9 Å². The molecule has 9 heteroatoms. The molecular weight excluding hydrogens is 428 g/mol. The van der Waals surface area contributed by atoms with E-state index in [0.717, 1.165) is 5.56 Å². The summed E-state index contributed by atoms with van der Waals surface area (Å²) in [4.78, 5) is 37.3. The lowest BCUT2D eigenvalue weighted by molar-refractivity contribution is -0.145. The number of esters is 2. The maximum absolute atomic E-state index is 12.8. The molecule has 0 bridgehead atoms. The fourth-order valence-corrected chi connectivity index (χ4v) is 3.28. The van der Waals surface area contributed by atoms with Crippen LogP contribution in [0.3, 0.4) is 0 Å². The Morgan fingerprint density at radius 2 is 1.76 bits per heavy atom. The second kappa shape index (κ2) is 11.0. The van der Waals surface area contributed by atoms with E-state index < -0.39 is 24.0 Å². The molecule has 3 rings (SSSR count). The Morgan fingerprint density at radius 1 is 1.03 bits per heavy atom. The van der Waals surface area contributed by atoms with Crippen LogP contribution in [0.4, 0.5) is 4.79 Å². The molecule has 0 radical (unpaired) electrons. The Bertz CT molecular complexity index is 1050. The predicted octanol–water partition coefficient (Wildman–Crippen LogP) is 2.80. The molecule has 0 saturated heterocycles. The van der Waals surface area contributed by atoms with Gasteiger partial charge in [-0.15, -0.1) is 0 Å². The van der Waals surface area contributed by atoms with Crippen molar-refractivity contribution in [3.8, 4) is 11.5 Å². The Morgan fingerprint density at radius 3 is 2.42 bits per heavy atom. The molecule has 1 aliphatic rings. The summed E-state index contributed by atoms with van der Waals surface area (Å²) in [7, 11) is 1.54. The third-order valence-corrected chi connectivity index (χ3v) is 4.91. The lowest BCUT2D eigenvalue weighted by Crippen LogP contribution is -2.47. The molecule has 1 atom stereocenters. The number of ether oxygens (including phenoxy) is 4. The third kappa shape index (κ3) is 6.03. The summed E-state index contributed by atoms with van der Waals surface area (Å²) >= 11 is 0. The summed E-state index contributed by atoms with van der Waals surface area (Å²) < 4.78 is 21.1. The van der Waals surface area contributed by atoms with Gasteiger partial charge in [-0.3, -0.25) is 0 Å². The minimum absolute atomic E-state index is 0.141. The monoisotopic (exact) mass is 454 g/mol. The van der Waals surface area contributed by atoms with E-state index >= 15 is 0 Å². The van der Waals surface area contributed by atoms with E-state index in [-0.39, 0.29) is 31.1 Å². The van der Waals surface area contributed by atoms with Gasteiger partial charge in [0.25, 0.3) is 0 Å². The third-order valence-electron chi connectivity index (χ3n) is 4.91. The Labute approximate surface area is 191 Å². The molecular formula is C24H26N2O7. The number of urea groups is 1. The zero-order valence-electron chi connectivity index (χ0n) is 18.7. The van der Waals surface area contributed by atoms with Gasteiger partial charge in [-0.25, -0.2) is 14.4 Å². The molecule has 1 aliphatic heterocycles. The van der Waals surface area contributed by atoms with Crippen molar-refractivity contribution in [2.24, 2.45) is 0 Å². The van der Waals surface area contributed by atoms with Crippen molar-refractivity contribution in [2.75, 3.05) is 26.9 Å². The number of hydrogen-bond donors (Lipinski definition) is 2. The Kier molecular flexibility index (Phi) is 7.91. The van der Waals surface area contributed by atoms with Gasteiger partial charge in [0, 0.05) is 0 Å². The van der Waals surface area contributed by atoms with E-state index in [1.807, 2.05) is 19.1 Å². The molecule has 0 fully saturated rings. The number of benzene rings is 2. The molecule has 1 unspecified atom stereocenters. The van der Waals surface area contributed by atoms with Crippen LogP contribution in [0.2, 0.25) is 0 Å². The molecule has 2 aromatic carbocycles. The molecule has 0 spiro atoms. The molecule has 1 heterocycles. The topological polar surface area (TPSA) is 112 Å². The minimum Gasteiger partial charge on any atom is -0.497 e. The van der Waals surface area contributed by atoms with Crippen molar-refractivity contribution in [1.82, 2.24) is 10.6 Å². The minimum atomic E-state index is -0.791. The van der Waals surface area contributed by atoms with Crippen LogP contribution in [0.1, 0.15) is 24.1 Å². The van der Waals surface area contributed by atoms with Crippen LogP contribution in [0, 0.1) is 6.92 Å². The van der Waals surface area contributed by atoms with E-state index in [9.17, 15) is 14.4 Å². The van der Waals surface area contributed by atoms with E-state index in [4.69, 9.17) is 18.9 Å². The van der Waals surface area contributed by atoms with Gasteiger partial charge in [-0.05, 0) is 43.2 Å². The summed E-state index contributed by atoms with van der Waals surface area (Å²) in [6.07, 6.45) is 0. The number of nitrogens with one attached hydrogen (secondary N) is 2. The number of carbonyl (C=O) groups is 3. The first-order chi connectivity index (χ1) is 15.9. The van der Waals surface area contributed by atoms with Crippen molar-refractivity contribution in [3.63, 3.8) is 0 Å². The lowest BCUT2D eigenvalue weighted by atomic mass is 9.95. The highest BCUT2D eigenvalue weighted by atomic mass is 16.6.